The zero-order chi connectivity index (χ0) is 12.3. The van der Waals surface area contributed by atoms with Gasteiger partial charge in [0.15, 0.2) is 0 Å². The van der Waals surface area contributed by atoms with Gasteiger partial charge in [0.2, 0.25) is 10.0 Å². The molecule has 0 radical (unpaired) electrons. The van der Waals surface area contributed by atoms with Gasteiger partial charge in [-0.15, -0.1) is 0 Å². The summed E-state index contributed by atoms with van der Waals surface area (Å²) >= 11 is 0. The van der Waals surface area contributed by atoms with E-state index in [2.05, 4.69) is 16.9 Å². The highest BCUT2D eigenvalue weighted by Crippen LogP contribution is 2.22. The molecular weight excluding hydrogens is 234 g/mol. The Hall–Kier alpha value is -0.870. The Morgan fingerprint density at radius 3 is 2.59 bits per heavy atom. The van der Waals surface area contributed by atoms with Gasteiger partial charge in [0.1, 0.15) is 0 Å². The lowest BCUT2D eigenvalue weighted by molar-refractivity contribution is 0.582. The maximum absolute atomic E-state index is 11.4. The molecule has 0 unspecified atom stereocenters. The highest BCUT2D eigenvalue weighted by atomic mass is 32.2. The number of benzene rings is 1. The molecule has 0 spiro atoms. The highest BCUT2D eigenvalue weighted by molar-refractivity contribution is 7.89. The summed E-state index contributed by atoms with van der Waals surface area (Å²) in [4.78, 5) is 0. The molecule has 1 aromatic rings. The van der Waals surface area contributed by atoms with Crippen LogP contribution in [-0.2, 0) is 29.4 Å². The summed E-state index contributed by atoms with van der Waals surface area (Å²) in [5.41, 5.74) is 3.88. The molecule has 0 amide bonds. The molecule has 94 valence electrons. The van der Waals surface area contributed by atoms with Crippen LogP contribution in [0.5, 0.6) is 0 Å². The minimum atomic E-state index is -3.09. The third kappa shape index (κ3) is 3.30. The average Bonchev–Trinajstić information content (AvgIpc) is 2.36. The molecule has 1 aromatic carbocycles. The maximum Gasteiger partial charge on any atom is 0.211 e. The van der Waals surface area contributed by atoms with Gasteiger partial charge in [-0.1, -0.05) is 18.2 Å². The van der Waals surface area contributed by atoms with Crippen LogP contribution in [0.25, 0.3) is 0 Å². The minimum Gasteiger partial charge on any atom is -0.212 e. The lowest BCUT2D eigenvalue weighted by Crippen LogP contribution is -2.24. The molecule has 1 aliphatic rings. The second kappa shape index (κ2) is 5.19. The Balaban J connectivity index is 2.07. The number of hydrogen-bond donors (Lipinski definition) is 1. The summed E-state index contributed by atoms with van der Waals surface area (Å²) in [6.45, 7) is 2.05. The molecule has 0 saturated heterocycles. The molecular formula is C13H19NO2S. The Labute approximate surface area is 103 Å². The lowest BCUT2D eigenvalue weighted by atomic mass is 9.90. The quantitative estimate of drug-likeness (QED) is 0.892. The topological polar surface area (TPSA) is 46.2 Å². The van der Waals surface area contributed by atoms with Crippen LogP contribution < -0.4 is 4.72 Å². The highest BCUT2D eigenvalue weighted by Gasteiger charge is 2.10. The van der Waals surface area contributed by atoms with Gasteiger partial charge in [0.25, 0.3) is 0 Å². The van der Waals surface area contributed by atoms with Crippen LogP contribution in [-0.4, -0.2) is 14.2 Å². The molecule has 2 rings (SSSR count). The molecule has 0 atom stereocenters. The first-order valence-corrected chi connectivity index (χ1v) is 7.84. The summed E-state index contributed by atoms with van der Waals surface area (Å²) < 4.78 is 25.3. The number of fused-ring (bicyclic) bond motifs is 1. The zero-order valence-electron chi connectivity index (χ0n) is 10.2. The van der Waals surface area contributed by atoms with Gasteiger partial charge >= 0.3 is 0 Å². The van der Waals surface area contributed by atoms with E-state index in [-0.39, 0.29) is 5.75 Å². The second-order valence-electron chi connectivity index (χ2n) is 4.53. The third-order valence-corrected chi connectivity index (χ3v) is 4.63. The van der Waals surface area contributed by atoms with Crippen molar-refractivity contribution in [1.29, 1.82) is 0 Å². The monoisotopic (exact) mass is 253 g/mol. The fraction of sp³-hybridized carbons (Fsp3) is 0.538. The van der Waals surface area contributed by atoms with Crippen LogP contribution in [0, 0.1) is 0 Å². The second-order valence-corrected chi connectivity index (χ2v) is 6.63. The van der Waals surface area contributed by atoms with Crippen LogP contribution in [0.15, 0.2) is 18.2 Å². The number of sulfonamides is 1. The fourth-order valence-corrected chi connectivity index (χ4v) is 2.78. The van der Waals surface area contributed by atoms with E-state index in [1.54, 1.807) is 6.92 Å². The Morgan fingerprint density at radius 2 is 1.88 bits per heavy atom. The van der Waals surface area contributed by atoms with E-state index in [4.69, 9.17) is 0 Å². The first-order chi connectivity index (χ1) is 8.11. The van der Waals surface area contributed by atoms with Crippen molar-refractivity contribution in [3.05, 3.63) is 34.9 Å². The van der Waals surface area contributed by atoms with Gasteiger partial charge < -0.3 is 0 Å². The summed E-state index contributed by atoms with van der Waals surface area (Å²) in [6.07, 6.45) is 4.81. The standard InChI is InChI=1S/C13H19NO2S/c1-2-17(15,16)14-10-11-7-8-12-5-3-4-6-13(12)9-11/h7-9,14H,2-6,10H2,1H3. The molecule has 4 heteroatoms. The fourth-order valence-electron chi connectivity index (χ4n) is 2.19. The van der Waals surface area contributed by atoms with Gasteiger partial charge in [-0.05, 0) is 49.3 Å². The molecule has 0 saturated carbocycles. The van der Waals surface area contributed by atoms with E-state index in [0.717, 1.165) is 18.4 Å². The van der Waals surface area contributed by atoms with Crippen molar-refractivity contribution in [2.45, 2.75) is 39.2 Å². The van der Waals surface area contributed by atoms with Crippen molar-refractivity contribution in [2.75, 3.05) is 5.75 Å². The summed E-state index contributed by atoms with van der Waals surface area (Å²) in [6, 6.07) is 6.32. The molecule has 1 aliphatic carbocycles. The first-order valence-electron chi connectivity index (χ1n) is 6.19. The molecule has 0 aliphatic heterocycles. The van der Waals surface area contributed by atoms with Crippen LogP contribution in [0.3, 0.4) is 0 Å². The van der Waals surface area contributed by atoms with Gasteiger partial charge in [-0.3, -0.25) is 0 Å². The van der Waals surface area contributed by atoms with Crippen LogP contribution in [0.4, 0.5) is 0 Å². The van der Waals surface area contributed by atoms with E-state index >= 15 is 0 Å². The first kappa shape index (κ1) is 12.6. The van der Waals surface area contributed by atoms with E-state index in [0.29, 0.717) is 6.54 Å². The molecule has 0 heterocycles. The predicted molar refractivity (Wildman–Crippen MR) is 69.4 cm³/mol. The van der Waals surface area contributed by atoms with Gasteiger partial charge in [-0.25, -0.2) is 13.1 Å². The number of aryl methyl sites for hydroxylation is 2. The maximum atomic E-state index is 11.4. The van der Waals surface area contributed by atoms with Crippen molar-refractivity contribution in [3.8, 4) is 0 Å². The summed E-state index contributed by atoms with van der Waals surface area (Å²) in [5, 5.41) is 0. The molecule has 0 aromatic heterocycles. The smallest absolute Gasteiger partial charge is 0.211 e. The molecule has 17 heavy (non-hydrogen) atoms. The Morgan fingerprint density at radius 1 is 1.18 bits per heavy atom. The predicted octanol–water partition coefficient (Wildman–Crippen LogP) is 2.00. The Bertz CT molecular complexity index is 494. The van der Waals surface area contributed by atoms with E-state index in [1.165, 1.54) is 24.0 Å². The SMILES string of the molecule is CCS(=O)(=O)NCc1ccc2c(c1)CCCC2. The van der Waals surface area contributed by atoms with Crippen molar-refractivity contribution in [2.24, 2.45) is 0 Å². The summed E-state index contributed by atoms with van der Waals surface area (Å²) in [5.74, 6) is 0.137. The van der Waals surface area contributed by atoms with Crippen molar-refractivity contribution in [1.82, 2.24) is 4.72 Å². The van der Waals surface area contributed by atoms with Crippen molar-refractivity contribution in [3.63, 3.8) is 0 Å². The van der Waals surface area contributed by atoms with Crippen molar-refractivity contribution < 1.29 is 8.42 Å². The molecule has 1 N–H and O–H groups in total. The number of hydrogen-bond acceptors (Lipinski definition) is 2. The van der Waals surface area contributed by atoms with Crippen molar-refractivity contribution >= 4 is 10.0 Å². The molecule has 3 nitrogen and oxygen atoms in total. The molecule has 0 fully saturated rings. The van der Waals surface area contributed by atoms with Gasteiger partial charge in [0.05, 0.1) is 5.75 Å². The normalized spacial score (nSPS) is 15.6. The van der Waals surface area contributed by atoms with Crippen LogP contribution in [0.2, 0.25) is 0 Å². The third-order valence-electron chi connectivity index (χ3n) is 3.29. The number of rotatable bonds is 4. The van der Waals surface area contributed by atoms with Crippen LogP contribution in [0.1, 0.15) is 36.5 Å². The van der Waals surface area contributed by atoms with E-state index in [9.17, 15) is 8.42 Å². The zero-order valence-corrected chi connectivity index (χ0v) is 11.0. The van der Waals surface area contributed by atoms with Gasteiger partial charge in [-0.2, -0.15) is 0 Å². The number of nitrogens with one attached hydrogen (secondary N) is 1. The summed E-state index contributed by atoms with van der Waals surface area (Å²) in [7, 11) is -3.09. The molecule has 0 bridgehead atoms. The largest absolute Gasteiger partial charge is 0.212 e. The average molecular weight is 253 g/mol. The van der Waals surface area contributed by atoms with Gasteiger partial charge in [0, 0.05) is 6.54 Å². The Kier molecular flexibility index (Phi) is 3.84. The lowest BCUT2D eigenvalue weighted by Gasteiger charge is -2.16. The van der Waals surface area contributed by atoms with E-state index in [1.807, 2.05) is 6.07 Å². The van der Waals surface area contributed by atoms with Crippen LogP contribution >= 0.6 is 0 Å². The minimum absolute atomic E-state index is 0.137. The van der Waals surface area contributed by atoms with E-state index < -0.39 is 10.0 Å².